The van der Waals surface area contributed by atoms with E-state index in [4.69, 9.17) is 5.73 Å². The van der Waals surface area contributed by atoms with Gasteiger partial charge in [0.2, 0.25) is 17.7 Å². The summed E-state index contributed by atoms with van der Waals surface area (Å²) in [4.78, 5) is 51.2. The highest BCUT2D eigenvalue weighted by molar-refractivity contribution is 5.94. The molecule has 0 radical (unpaired) electrons. The number of carboxylic acids is 1. The Labute approximate surface area is 193 Å². The lowest BCUT2D eigenvalue weighted by Gasteiger charge is -2.28. The second kappa shape index (κ2) is 12.3. The quantitative estimate of drug-likeness (QED) is 0.300. The number of nitrogens with zero attached hydrogens (tertiary/aromatic N) is 1. The van der Waals surface area contributed by atoms with Crippen LogP contribution in [-0.2, 0) is 25.6 Å². The Morgan fingerprint density at radius 3 is 2.36 bits per heavy atom. The zero-order valence-corrected chi connectivity index (χ0v) is 19.1. The van der Waals surface area contributed by atoms with Crippen LogP contribution in [0.5, 0.6) is 0 Å². The first kappa shape index (κ1) is 26.3. The van der Waals surface area contributed by atoms with Crippen molar-refractivity contribution in [1.29, 1.82) is 0 Å². The lowest BCUT2D eigenvalue weighted by molar-refractivity contribution is -0.143. The summed E-state index contributed by atoms with van der Waals surface area (Å²) in [6.07, 6.45) is 1.57. The first-order chi connectivity index (χ1) is 15.6. The van der Waals surface area contributed by atoms with Gasteiger partial charge in [0.1, 0.15) is 18.1 Å². The van der Waals surface area contributed by atoms with E-state index in [9.17, 15) is 29.4 Å². The van der Waals surface area contributed by atoms with Gasteiger partial charge in [-0.2, -0.15) is 0 Å². The monoisotopic (exact) mass is 462 g/mol. The maximum absolute atomic E-state index is 12.8. The first-order valence-electron chi connectivity index (χ1n) is 11.2. The summed E-state index contributed by atoms with van der Waals surface area (Å²) in [5.41, 5.74) is 6.72. The number of carboxylic acid groups (broad SMARTS) is 1. The maximum Gasteiger partial charge on any atom is 0.326 e. The molecule has 1 saturated heterocycles. The van der Waals surface area contributed by atoms with E-state index in [1.807, 2.05) is 13.8 Å². The summed E-state index contributed by atoms with van der Waals surface area (Å²) >= 11 is 0. The molecule has 10 heteroatoms. The van der Waals surface area contributed by atoms with Crippen molar-refractivity contribution in [3.8, 4) is 0 Å². The van der Waals surface area contributed by atoms with Crippen LogP contribution in [0.1, 0.15) is 38.7 Å². The molecule has 1 heterocycles. The molecule has 1 aromatic carbocycles. The van der Waals surface area contributed by atoms with E-state index >= 15 is 0 Å². The van der Waals surface area contributed by atoms with E-state index in [2.05, 4.69) is 10.6 Å². The van der Waals surface area contributed by atoms with Crippen LogP contribution in [0, 0.1) is 5.92 Å². The van der Waals surface area contributed by atoms with Gasteiger partial charge in [-0.15, -0.1) is 0 Å². The van der Waals surface area contributed by atoms with Crippen molar-refractivity contribution in [3.63, 3.8) is 0 Å². The molecule has 0 spiro atoms. The molecule has 0 aromatic heterocycles. The Bertz CT molecular complexity index is 832. The number of amides is 3. The smallest absolute Gasteiger partial charge is 0.326 e. The summed E-state index contributed by atoms with van der Waals surface area (Å²) < 4.78 is 0. The number of hydrogen-bond acceptors (Lipinski definition) is 6. The van der Waals surface area contributed by atoms with Crippen molar-refractivity contribution in [3.05, 3.63) is 35.9 Å². The largest absolute Gasteiger partial charge is 0.480 e. The van der Waals surface area contributed by atoms with Crippen LogP contribution in [0.25, 0.3) is 0 Å². The van der Waals surface area contributed by atoms with Crippen LogP contribution in [0.4, 0.5) is 0 Å². The summed E-state index contributed by atoms with van der Waals surface area (Å²) in [6, 6.07) is 4.69. The fourth-order valence-electron chi connectivity index (χ4n) is 3.91. The van der Waals surface area contributed by atoms with Gasteiger partial charge in [0.15, 0.2) is 0 Å². The van der Waals surface area contributed by atoms with E-state index in [1.54, 1.807) is 30.3 Å². The fourth-order valence-corrected chi connectivity index (χ4v) is 3.91. The van der Waals surface area contributed by atoms with Gasteiger partial charge in [0.05, 0.1) is 12.6 Å². The van der Waals surface area contributed by atoms with Gasteiger partial charge >= 0.3 is 5.97 Å². The Morgan fingerprint density at radius 2 is 1.79 bits per heavy atom. The molecule has 3 amide bonds. The van der Waals surface area contributed by atoms with Gasteiger partial charge in [-0.05, 0) is 30.7 Å². The molecule has 1 aromatic rings. The topological polar surface area (TPSA) is 162 Å². The summed E-state index contributed by atoms with van der Waals surface area (Å²) in [7, 11) is 0. The van der Waals surface area contributed by atoms with Crippen molar-refractivity contribution < 1.29 is 29.4 Å². The number of carbonyl (C=O) groups is 4. The number of benzene rings is 1. The minimum Gasteiger partial charge on any atom is -0.480 e. The zero-order valence-electron chi connectivity index (χ0n) is 19.1. The number of carbonyl (C=O) groups excluding carboxylic acids is 3. The number of aliphatic carboxylic acids is 1. The number of hydrogen-bond donors (Lipinski definition) is 5. The molecule has 6 N–H and O–H groups in total. The third-order valence-electron chi connectivity index (χ3n) is 5.59. The number of nitrogens with one attached hydrogen (secondary N) is 2. The lowest BCUT2D eigenvalue weighted by atomic mass is 10.0. The van der Waals surface area contributed by atoms with Crippen LogP contribution in [0.2, 0.25) is 0 Å². The third kappa shape index (κ3) is 7.54. The molecule has 182 valence electrons. The normalized spacial score (nSPS) is 18.5. The SMILES string of the molecule is CC(C)CC(N)C(=O)N1CCCC1C(=O)NC(CO)C(=O)NC(Cc1ccccc1)C(=O)O. The standard InChI is InChI=1S/C23H34N4O6/c1-14(2)11-16(24)22(31)27-10-6-9-19(27)21(30)26-18(13-28)20(29)25-17(23(32)33)12-15-7-4-3-5-8-15/h3-5,7-8,14,16-19,28H,6,9-13,24H2,1-2H3,(H,25,29)(H,26,30)(H,32,33). The Kier molecular flexibility index (Phi) is 9.80. The van der Waals surface area contributed by atoms with Crippen molar-refractivity contribution in [1.82, 2.24) is 15.5 Å². The average Bonchev–Trinajstić information content (AvgIpc) is 3.26. The molecule has 0 aliphatic carbocycles. The van der Waals surface area contributed by atoms with Crippen LogP contribution in [-0.4, -0.2) is 76.1 Å². The fraction of sp³-hybridized carbons (Fsp3) is 0.565. The molecule has 1 aliphatic heterocycles. The molecule has 4 atom stereocenters. The highest BCUT2D eigenvalue weighted by Gasteiger charge is 2.38. The summed E-state index contributed by atoms with van der Waals surface area (Å²) in [6.45, 7) is 3.57. The number of aliphatic hydroxyl groups excluding tert-OH is 1. The van der Waals surface area contributed by atoms with Crippen LogP contribution in [0.3, 0.4) is 0 Å². The Balaban J connectivity index is 2.01. The number of likely N-dealkylation sites (tertiary alicyclic amines) is 1. The Morgan fingerprint density at radius 1 is 1.12 bits per heavy atom. The van der Waals surface area contributed by atoms with Gasteiger partial charge in [-0.25, -0.2) is 4.79 Å². The van der Waals surface area contributed by atoms with Gasteiger partial charge in [-0.1, -0.05) is 44.2 Å². The molecule has 4 unspecified atom stereocenters. The van der Waals surface area contributed by atoms with Crippen LogP contribution < -0.4 is 16.4 Å². The van der Waals surface area contributed by atoms with Crippen molar-refractivity contribution in [2.24, 2.45) is 11.7 Å². The molecule has 1 fully saturated rings. The van der Waals surface area contributed by atoms with Crippen molar-refractivity contribution >= 4 is 23.7 Å². The molecule has 2 rings (SSSR count). The van der Waals surface area contributed by atoms with Crippen LogP contribution in [0.15, 0.2) is 30.3 Å². The third-order valence-corrected chi connectivity index (χ3v) is 5.59. The summed E-state index contributed by atoms with van der Waals surface area (Å²) in [5, 5.41) is 24.0. The van der Waals surface area contributed by atoms with Gasteiger partial charge in [0.25, 0.3) is 0 Å². The Hall–Kier alpha value is -2.98. The predicted molar refractivity (Wildman–Crippen MR) is 121 cm³/mol. The van der Waals surface area contributed by atoms with E-state index in [0.717, 1.165) is 0 Å². The van der Waals surface area contributed by atoms with Gasteiger partial charge in [-0.3, -0.25) is 14.4 Å². The molecule has 0 bridgehead atoms. The number of rotatable bonds is 11. The average molecular weight is 463 g/mol. The van der Waals surface area contributed by atoms with E-state index in [1.165, 1.54) is 4.90 Å². The first-order valence-corrected chi connectivity index (χ1v) is 11.2. The second-order valence-electron chi connectivity index (χ2n) is 8.76. The highest BCUT2D eigenvalue weighted by Crippen LogP contribution is 2.20. The predicted octanol–water partition coefficient (Wildman–Crippen LogP) is -0.360. The second-order valence-corrected chi connectivity index (χ2v) is 8.76. The number of aliphatic hydroxyl groups is 1. The summed E-state index contributed by atoms with van der Waals surface area (Å²) in [5.74, 6) is -2.73. The van der Waals surface area contributed by atoms with Gasteiger partial charge in [0, 0.05) is 13.0 Å². The van der Waals surface area contributed by atoms with E-state index in [0.29, 0.717) is 31.4 Å². The van der Waals surface area contributed by atoms with E-state index < -0.39 is 48.6 Å². The molecular formula is C23H34N4O6. The maximum atomic E-state index is 12.8. The lowest BCUT2D eigenvalue weighted by Crippen LogP contribution is -2.57. The van der Waals surface area contributed by atoms with Crippen molar-refractivity contribution in [2.75, 3.05) is 13.2 Å². The molecule has 33 heavy (non-hydrogen) atoms. The minimum atomic E-state index is -1.35. The molecule has 1 aliphatic rings. The zero-order chi connectivity index (χ0) is 24.5. The molecular weight excluding hydrogens is 428 g/mol. The van der Waals surface area contributed by atoms with Crippen LogP contribution >= 0.6 is 0 Å². The highest BCUT2D eigenvalue weighted by atomic mass is 16.4. The molecule has 0 saturated carbocycles. The molecule has 10 nitrogen and oxygen atoms in total. The minimum absolute atomic E-state index is 0.0483. The van der Waals surface area contributed by atoms with E-state index in [-0.39, 0.29) is 18.2 Å². The van der Waals surface area contributed by atoms with Gasteiger partial charge < -0.3 is 31.5 Å². The van der Waals surface area contributed by atoms with Crippen molar-refractivity contribution in [2.45, 2.75) is 63.7 Å². The number of nitrogens with two attached hydrogens (primary N) is 1.